The van der Waals surface area contributed by atoms with E-state index in [0.717, 1.165) is 38.0 Å². The molecule has 1 heterocycles. The number of benzene rings is 1. The smallest absolute Gasteiger partial charge is 0.242 e. The lowest BCUT2D eigenvalue weighted by Gasteiger charge is -2.18. The zero-order chi connectivity index (χ0) is 18.3. The molecule has 0 bridgehead atoms. The fourth-order valence-electron chi connectivity index (χ4n) is 2.99. The van der Waals surface area contributed by atoms with E-state index in [9.17, 15) is 8.42 Å². The van der Waals surface area contributed by atoms with Gasteiger partial charge < -0.3 is 4.74 Å². The summed E-state index contributed by atoms with van der Waals surface area (Å²) in [6.07, 6.45) is 4.82. The van der Waals surface area contributed by atoms with Gasteiger partial charge in [-0.15, -0.1) is 0 Å². The van der Waals surface area contributed by atoms with Gasteiger partial charge in [-0.2, -0.15) is 0 Å². The lowest BCUT2D eigenvalue weighted by atomic mass is 9.99. The fourth-order valence-corrected chi connectivity index (χ4v) is 4.22. The molecule has 1 aliphatic rings. The van der Waals surface area contributed by atoms with Crippen LogP contribution in [0.4, 0.5) is 0 Å². The van der Waals surface area contributed by atoms with Crippen LogP contribution in [0.3, 0.4) is 0 Å². The average molecular weight is 367 g/mol. The molecule has 2 atom stereocenters. The lowest BCUT2D eigenvalue weighted by molar-refractivity contribution is 0.289. The summed E-state index contributed by atoms with van der Waals surface area (Å²) in [5, 5.41) is 0. The van der Waals surface area contributed by atoms with Crippen LogP contribution in [-0.2, 0) is 14.8 Å². The van der Waals surface area contributed by atoms with Gasteiger partial charge in [0.15, 0.2) is 5.90 Å². The van der Waals surface area contributed by atoms with Gasteiger partial charge in [0, 0.05) is 19.5 Å². The van der Waals surface area contributed by atoms with Crippen LogP contribution in [0.2, 0.25) is 0 Å². The molecule has 5 nitrogen and oxygen atoms in total. The molecule has 25 heavy (non-hydrogen) atoms. The fraction of sp³-hybridized carbons (Fsp3) is 0.632. The Bertz CT molecular complexity index is 659. The highest BCUT2D eigenvalue weighted by Crippen LogP contribution is 2.21. The minimum atomic E-state index is -3.39. The second-order valence-corrected chi connectivity index (χ2v) is 8.63. The number of ether oxygens (including phenoxy) is 1. The molecule has 0 fully saturated rings. The van der Waals surface area contributed by atoms with Gasteiger partial charge in [-0.3, -0.25) is 0 Å². The molecule has 1 aromatic carbocycles. The Morgan fingerprint density at radius 2 is 1.96 bits per heavy atom. The second-order valence-electron chi connectivity index (χ2n) is 6.58. The largest absolute Gasteiger partial charge is 0.478 e. The number of sulfonamides is 1. The van der Waals surface area contributed by atoms with E-state index in [2.05, 4.69) is 18.8 Å². The summed E-state index contributed by atoms with van der Waals surface area (Å²) in [5.41, 5.74) is 0. The van der Waals surface area contributed by atoms with Crippen molar-refractivity contribution >= 4 is 15.9 Å². The third kappa shape index (κ3) is 5.28. The normalized spacial score (nSPS) is 18.9. The monoisotopic (exact) mass is 366 g/mol. The van der Waals surface area contributed by atoms with E-state index in [0.29, 0.717) is 30.0 Å². The van der Waals surface area contributed by atoms with Crippen LogP contribution in [0.1, 0.15) is 46.0 Å². The SMILES string of the molecule is CC[C@@H]1COC([C@@H](CC)CCCCN(C)S(=O)(=O)c2ccccc2)=N1. The molecule has 1 aliphatic heterocycles. The third-order valence-corrected chi connectivity index (χ3v) is 6.64. The number of nitrogens with zero attached hydrogens (tertiary/aromatic N) is 2. The molecule has 0 N–H and O–H groups in total. The number of hydrogen-bond donors (Lipinski definition) is 0. The van der Waals surface area contributed by atoms with Gasteiger partial charge in [0.1, 0.15) is 6.61 Å². The zero-order valence-corrected chi connectivity index (χ0v) is 16.3. The number of unbranched alkanes of at least 4 members (excludes halogenated alkanes) is 1. The van der Waals surface area contributed by atoms with E-state index < -0.39 is 10.0 Å². The van der Waals surface area contributed by atoms with E-state index in [1.165, 1.54) is 4.31 Å². The zero-order valence-electron chi connectivity index (χ0n) is 15.5. The Labute approximate surface area is 152 Å². The molecular formula is C19H30N2O3S. The van der Waals surface area contributed by atoms with Crippen molar-refractivity contribution in [2.24, 2.45) is 10.9 Å². The first kappa shape index (κ1) is 19.9. The van der Waals surface area contributed by atoms with Gasteiger partial charge in [-0.1, -0.05) is 38.5 Å². The molecule has 0 amide bonds. The van der Waals surface area contributed by atoms with Gasteiger partial charge in [-0.05, 0) is 37.8 Å². The van der Waals surface area contributed by atoms with E-state index in [4.69, 9.17) is 4.74 Å². The minimum Gasteiger partial charge on any atom is -0.478 e. The summed E-state index contributed by atoms with van der Waals surface area (Å²) in [6, 6.07) is 8.90. The molecule has 0 aromatic heterocycles. The van der Waals surface area contributed by atoms with Crippen molar-refractivity contribution in [2.45, 2.75) is 56.9 Å². The molecule has 0 aliphatic carbocycles. The summed E-state index contributed by atoms with van der Waals surface area (Å²) in [4.78, 5) is 5.01. The average Bonchev–Trinajstić information content (AvgIpc) is 3.11. The van der Waals surface area contributed by atoms with E-state index in [1.54, 1.807) is 31.3 Å². The molecule has 0 unspecified atom stereocenters. The van der Waals surface area contributed by atoms with Crippen molar-refractivity contribution in [2.75, 3.05) is 20.2 Å². The Morgan fingerprint density at radius 3 is 2.56 bits per heavy atom. The van der Waals surface area contributed by atoms with E-state index in [-0.39, 0.29) is 0 Å². The molecular weight excluding hydrogens is 336 g/mol. The second kappa shape index (κ2) is 9.34. The van der Waals surface area contributed by atoms with Crippen molar-refractivity contribution in [3.05, 3.63) is 30.3 Å². The van der Waals surface area contributed by atoms with Crippen LogP contribution in [-0.4, -0.2) is 44.9 Å². The predicted octanol–water partition coefficient (Wildman–Crippen LogP) is 3.71. The number of rotatable bonds is 10. The summed E-state index contributed by atoms with van der Waals surface area (Å²) in [7, 11) is -1.74. The molecule has 1 aromatic rings. The highest BCUT2D eigenvalue weighted by Gasteiger charge is 2.24. The Morgan fingerprint density at radius 1 is 1.24 bits per heavy atom. The summed E-state index contributed by atoms with van der Waals surface area (Å²) in [5.74, 6) is 1.26. The molecule has 0 saturated heterocycles. The van der Waals surface area contributed by atoms with Crippen molar-refractivity contribution in [1.29, 1.82) is 0 Å². The summed E-state index contributed by atoms with van der Waals surface area (Å²) in [6.45, 7) is 5.52. The molecule has 0 saturated carbocycles. The number of aliphatic imine (C=N–C) groups is 1. The van der Waals surface area contributed by atoms with Gasteiger partial charge in [0.05, 0.1) is 10.9 Å². The van der Waals surface area contributed by atoms with Gasteiger partial charge in [0.25, 0.3) is 0 Å². The van der Waals surface area contributed by atoms with Crippen molar-refractivity contribution in [1.82, 2.24) is 4.31 Å². The quantitative estimate of drug-likeness (QED) is 0.593. The number of hydrogen-bond acceptors (Lipinski definition) is 4. The Kier molecular flexibility index (Phi) is 7.44. The molecule has 140 valence electrons. The van der Waals surface area contributed by atoms with Gasteiger partial charge in [0.2, 0.25) is 10.0 Å². The highest BCUT2D eigenvalue weighted by molar-refractivity contribution is 7.89. The van der Waals surface area contributed by atoms with Crippen molar-refractivity contribution < 1.29 is 13.2 Å². The topological polar surface area (TPSA) is 59.0 Å². The molecule has 6 heteroatoms. The third-order valence-electron chi connectivity index (χ3n) is 4.77. The van der Waals surface area contributed by atoms with Gasteiger partial charge in [-0.25, -0.2) is 17.7 Å². The predicted molar refractivity (Wildman–Crippen MR) is 101 cm³/mol. The maximum Gasteiger partial charge on any atom is 0.242 e. The van der Waals surface area contributed by atoms with Crippen LogP contribution >= 0.6 is 0 Å². The first-order valence-electron chi connectivity index (χ1n) is 9.20. The first-order chi connectivity index (χ1) is 12.0. The summed E-state index contributed by atoms with van der Waals surface area (Å²) >= 11 is 0. The van der Waals surface area contributed by atoms with Crippen LogP contribution in [0, 0.1) is 5.92 Å². The van der Waals surface area contributed by atoms with Crippen LogP contribution in [0.5, 0.6) is 0 Å². The van der Waals surface area contributed by atoms with Crippen molar-refractivity contribution in [3.8, 4) is 0 Å². The Hall–Kier alpha value is -1.40. The standard InChI is InChI=1S/C19H30N2O3S/c1-4-16(19-20-17(5-2)15-24-19)11-9-10-14-21(3)25(22,23)18-12-7-6-8-13-18/h6-8,12-13,16-17H,4-5,9-11,14-15H2,1-3H3/t16-,17+/m0/s1. The maximum absolute atomic E-state index is 12.5. The van der Waals surface area contributed by atoms with E-state index in [1.807, 2.05) is 6.07 Å². The lowest BCUT2D eigenvalue weighted by Crippen LogP contribution is -2.28. The van der Waals surface area contributed by atoms with Crippen LogP contribution < -0.4 is 0 Å². The van der Waals surface area contributed by atoms with Gasteiger partial charge >= 0.3 is 0 Å². The van der Waals surface area contributed by atoms with Crippen LogP contribution in [0.15, 0.2) is 40.2 Å². The van der Waals surface area contributed by atoms with Crippen molar-refractivity contribution in [3.63, 3.8) is 0 Å². The Balaban J connectivity index is 1.80. The minimum absolute atomic E-state index is 0.311. The van der Waals surface area contributed by atoms with Crippen LogP contribution in [0.25, 0.3) is 0 Å². The van der Waals surface area contributed by atoms with E-state index >= 15 is 0 Å². The highest BCUT2D eigenvalue weighted by atomic mass is 32.2. The summed E-state index contributed by atoms with van der Waals surface area (Å²) < 4.78 is 32.2. The maximum atomic E-state index is 12.5. The first-order valence-corrected chi connectivity index (χ1v) is 10.6. The molecule has 0 spiro atoms. The molecule has 2 rings (SSSR count). The molecule has 0 radical (unpaired) electrons.